The molecule has 0 heterocycles. The molecule has 2 bridgehead atoms. The molecule has 2 saturated carbocycles. The zero-order valence-corrected chi connectivity index (χ0v) is 17.7. The van der Waals surface area contributed by atoms with Gasteiger partial charge in [-0.25, -0.2) is 0 Å². The molecule has 2 aliphatic carbocycles. The zero-order chi connectivity index (χ0) is 19.1. The van der Waals surface area contributed by atoms with E-state index in [0.717, 1.165) is 19.3 Å². The van der Waals surface area contributed by atoms with Gasteiger partial charge in [0.05, 0.1) is 0 Å². The van der Waals surface area contributed by atoms with Crippen molar-refractivity contribution in [3.05, 3.63) is 60.7 Å². The molecule has 3 atom stereocenters. The highest BCUT2D eigenvalue weighted by atomic mass is 28.4. The molecule has 0 spiro atoms. The number of benzene rings is 2. The van der Waals surface area contributed by atoms with E-state index < -0.39 is 8.32 Å². The minimum Gasteiger partial charge on any atom is -0.407 e. The van der Waals surface area contributed by atoms with Gasteiger partial charge in [0, 0.05) is 18.9 Å². The summed E-state index contributed by atoms with van der Waals surface area (Å²) in [5, 5.41) is 2.63. The van der Waals surface area contributed by atoms with Crippen LogP contribution in [0, 0.1) is 17.8 Å². The van der Waals surface area contributed by atoms with E-state index in [9.17, 15) is 4.79 Å². The molecule has 0 amide bonds. The van der Waals surface area contributed by atoms with E-state index >= 15 is 0 Å². The Balaban J connectivity index is 1.73. The van der Waals surface area contributed by atoms with Crippen molar-refractivity contribution in [2.45, 2.75) is 45.1 Å². The molecule has 0 radical (unpaired) electrons. The van der Waals surface area contributed by atoms with Gasteiger partial charge in [0.1, 0.15) is 5.78 Å². The Hall–Kier alpha value is -1.71. The Bertz CT molecular complexity index is 755. The van der Waals surface area contributed by atoms with Gasteiger partial charge in [-0.3, -0.25) is 4.79 Å². The second-order valence-corrected chi connectivity index (χ2v) is 13.7. The summed E-state index contributed by atoms with van der Waals surface area (Å²) in [5.41, 5.74) is 0. The minimum absolute atomic E-state index is 0.00264. The van der Waals surface area contributed by atoms with Crippen LogP contribution >= 0.6 is 0 Å². The van der Waals surface area contributed by atoms with Crippen molar-refractivity contribution in [1.82, 2.24) is 0 Å². The molecular weight excluding hydrogens is 348 g/mol. The molecule has 4 rings (SSSR count). The molecule has 2 aromatic carbocycles. The summed E-state index contributed by atoms with van der Waals surface area (Å²) in [7, 11) is -2.48. The van der Waals surface area contributed by atoms with Gasteiger partial charge in [-0.1, -0.05) is 81.4 Å². The van der Waals surface area contributed by atoms with Crippen molar-refractivity contribution in [2.24, 2.45) is 17.8 Å². The van der Waals surface area contributed by atoms with Gasteiger partial charge in [-0.05, 0) is 40.1 Å². The molecular formula is C24H30O2Si. The first kappa shape index (κ1) is 18.6. The predicted octanol–water partition coefficient (Wildman–Crippen LogP) is 4.18. The summed E-state index contributed by atoms with van der Waals surface area (Å²) >= 11 is 0. The maximum absolute atomic E-state index is 12.3. The number of hydrogen-bond acceptors (Lipinski definition) is 2. The van der Waals surface area contributed by atoms with Crippen molar-refractivity contribution in [2.75, 3.05) is 6.61 Å². The van der Waals surface area contributed by atoms with Gasteiger partial charge in [0.15, 0.2) is 0 Å². The van der Waals surface area contributed by atoms with E-state index in [1.165, 1.54) is 10.4 Å². The van der Waals surface area contributed by atoms with E-state index in [2.05, 4.69) is 81.4 Å². The van der Waals surface area contributed by atoms with E-state index in [1.807, 2.05) is 0 Å². The Morgan fingerprint density at radius 3 is 1.93 bits per heavy atom. The monoisotopic (exact) mass is 378 g/mol. The lowest BCUT2D eigenvalue weighted by Crippen LogP contribution is -2.67. The van der Waals surface area contributed by atoms with Crippen molar-refractivity contribution in [1.29, 1.82) is 0 Å². The van der Waals surface area contributed by atoms with Crippen LogP contribution < -0.4 is 10.4 Å². The van der Waals surface area contributed by atoms with E-state index in [-0.39, 0.29) is 11.0 Å². The molecule has 27 heavy (non-hydrogen) atoms. The summed E-state index contributed by atoms with van der Waals surface area (Å²) in [4.78, 5) is 12.3. The summed E-state index contributed by atoms with van der Waals surface area (Å²) in [6.45, 7) is 7.64. The van der Waals surface area contributed by atoms with Gasteiger partial charge >= 0.3 is 0 Å². The Labute approximate surface area is 164 Å². The molecule has 0 N–H and O–H groups in total. The molecule has 2 nitrogen and oxygen atoms in total. The second-order valence-electron chi connectivity index (χ2n) is 9.35. The third kappa shape index (κ3) is 3.21. The first-order valence-corrected chi connectivity index (χ1v) is 12.1. The maximum atomic E-state index is 12.3. The summed E-state index contributed by atoms with van der Waals surface area (Å²) in [6.07, 6.45) is 3.06. The second kappa shape index (κ2) is 7.03. The lowest BCUT2D eigenvalue weighted by Gasteiger charge is -2.44. The summed E-state index contributed by atoms with van der Waals surface area (Å²) in [6, 6.07) is 21.6. The molecule has 142 valence electrons. The van der Waals surface area contributed by atoms with Crippen LogP contribution in [-0.4, -0.2) is 20.7 Å². The largest absolute Gasteiger partial charge is 0.407 e. The van der Waals surface area contributed by atoms with E-state index in [4.69, 9.17) is 4.43 Å². The molecule has 0 aliphatic heterocycles. The molecule has 2 aromatic rings. The van der Waals surface area contributed by atoms with Crippen LogP contribution in [0.5, 0.6) is 0 Å². The lowest BCUT2D eigenvalue weighted by molar-refractivity contribution is -0.123. The van der Waals surface area contributed by atoms with Crippen molar-refractivity contribution in [3.8, 4) is 0 Å². The third-order valence-electron chi connectivity index (χ3n) is 6.63. The molecule has 0 aromatic heterocycles. The fourth-order valence-corrected chi connectivity index (χ4v) is 10.0. The van der Waals surface area contributed by atoms with Gasteiger partial charge in [0.25, 0.3) is 8.32 Å². The highest BCUT2D eigenvalue weighted by molar-refractivity contribution is 6.99. The SMILES string of the molecule is CC(C)(C)[Si](OCC1CC2CC(=O)C1C2)(c1ccccc1)c1ccccc1. The normalized spacial score (nSPS) is 25.1. The van der Waals surface area contributed by atoms with Gasteiger partial charge in [-0.15, -0.1) is 0 Å². The molecule has 2 aliphatic rings. The first-order valence-electron chi connectivity index (χ1n) is 10.2. The lowest BCUT2D eigenvalue weighted by atomic mass is 9.89. The highest BCUT2D eigenvalue weighted by Crippen LogP contribution is 2.47. The van der Waals surface area contributed by atoms with Crippen molar-refractivity contribution in [3.63, 3.8) is 0 Å². The number of fused-ring (bicyclic) bond motifs is 2. The van der Waals surface area contributed by atoms with Crippen LogP contribution in [0.2, 0.25) is 5.04 Å². The zero-order valence-electron chi connectivity index (χ0n) is 16.7. The quantitative estimate of drug-likeness (QED) is 0.730. The van der Waals surface area contributed by atoms with Crippen LogP contribution in [0.25, 0.3) is 0 Å². The number of carbonyl (C=O) groups is 1. The smallest absolute Gasteiger partial charge is 0.261 e. The number of rotatable bonds is 5. The third-order valence-corrected chi connectivity index (χ3v) is 11.6. The van der Waals surface area contributed by atoms with E-state index in [1.54, 1.807) is 0 Å². The fourth-order valence-electron chi connectivity index (χ4n) is 5.41. The van der Waals surface area contributed by atoms with Crippen LogP contribution in [0.1, 0.15) is 40.0 Å². The Morgan fingerprint density at radius 2 is 1.48 bits per heavy atom. The summed E-state index contributed by atoms with van der Waals surface area (Å²) < 4.78 is 7.04. The van der Waals surface area contributed by atoms with Crippen molar-refractivity contribution < 1.29 is 9.22 Å². The molecule has 2 fully saturated rings. The van der Waals surface area contributed by atoms with Crippen LogP contribution in [0.4, 0.5) is 0 Å². The minimum atomic E-state index is -2.48. The fraction of sp³-hybridized carbons (Fsp3) is 0.458. The average molecular weight is 379 g/mol. The number of Topliss-reactive ketones (excluding diaryl/α,β-unsaturated/α-hetero) is 1. The first-order chi connectivity index (χ1) is 12.9. The standard InChI is InChI=1S/C24H30O2Si/c1-24(2,3)27(20-10-6-4-7-11-20,21-12-8-5-9-13-21)26-17-19-14-18-15-22(19)23(25)16-18/h4-13,18-19,22H,14-17H2,1-3H3. The molecule has 3 heteroatoms. The number of hydrogen-bond donors (Lipinski definition) is 0. The van der Waals surface area contributed by atoms with Crippen LogP contribution in [-0.2, 0) is 9.22 Å². The van der Waals surface area contributed by atoms with Gasteiger partial charge in [0.2, 0.25) is 0 Å². The highest BCUT2D eigenvalue weighted by Gasteiger charge is 2.52. The van der Waals surface area contributed by atoms with Gasteiger partial charge in [-0.2, -0.15) is 0 Å². The average Bonchev–Trinajstić information content (AvgIpc) is 3.22. The number of carbonyl (C=O) groups excluding carboxylic acids is 1. The van der Waals surface area contributed by atoms with Crippen LogP contribution in [0.3, 0.4) is 0 Å². The molecule has 3 unspecified atom stereocenters. The van der Waals surface area contributed by atoms with Crippen LogP contribution in [0.15, 0.2) is 60.7 Å². The topological polar surface area (TPSA) is 26.3 Å². The molecule has 0 saturated heterocycles. The number of ketones is 1. The predicted molar refractivity (Wildman–Crippen MR) is 113 cm³/mol. The van der Waals surface area contributed by atoms with Crippen molar-refractivity contribution >= 4 is 24.5 Å². The summed E-state index contributed by atoms with van der Waals surface area (Å²) in [5.74, 6) is 1.73. The maximum Gasteiger partial charge on any atom is 0.261 e. The Morgan fingerprint density at radius 1 is 0.926 bits per heavy atom. The Kier molecular flexibility index (Phi) is 4.85. The van der Waals surface area contributed by atoms with E-state index in [0.29, 0.717) is 24.2 Å². The van der Waals surface area contributed by atoms with Gasteiger partial charge < -0.3 is 4.43 Å².